The second kappa shape index (κ2) is 37.9. The van der Waals surface area contributed by atoms with Crippen LogP contribution < -0.4 is 47.4 Å². The number of halogens is 1. The van der Waals surface area contributed by atoms with Crippen LogP contribution in [0.1, 0.15) is 191 Å². The summed E-state index contributed by atoms with van der Waals surface area (Å²) in [4.78, 5) is 119. The molecule has 12 rings (SSSR count). The fourth-order valence-electron chi connectivity index (χ4n) is 14.1. The topological polar surface area (TPSA) is 405 Å². The number of carboxylic acid groups (broad SMARTS) is 2. The molecule has 6 aromatic rings. The van der Waals surface area contributed by atoms with Crippen molar-refractivity contribution >= 4 is 106 Å². The average molecular weight is 1530 g/mol. The number of anilines is 9. The van der Waals surface area contributed by atoms with E-state index in [1.165, 1.54) is 29.1 Å². The number of piperidine rings is 6. The van der Waals surface area contributed by atoms with Gasteiger partial charge in [-0.3, -0.25) is 24.0 Å². The molecule has 0 saturated carbocycles. The quantitative estimate of drug-likeness (QED) is 0.0293. The van der Waals surface area contributed by atoms with Gasteiger partial charge in [0, 0.05) is 86.8 Å². The minimum Gasteiger partial charge on any atom is -0.481 e. The number of aliphatic carboxylic acids is 2. The largest absolute Gasteiger partial charge is 0.481 e. The van der Waals surface area contributed by atoms with Crippen molar-refractivity contribution in [3.8, 4) is 6.07 Å². The van der Waals surface area contributed by atoms with Gasteiger partial charge in [-0.1, -0.05) is 36.4 Å². The van der Waals surface area contributed by atoms with Gasteiger partial charge in [0.25, 0.3) is 11.8 Å². The highest BCUT2D eigenvalue weighted by molar-refractivity contribution is 5.97. The number of nitrogens with two attached hydrogens (primary N) is 2. The first-order valence-electron chi connectivity index (χ1n) is 37.4. The van der Waals surface area contributed by atoms with E-state index >= 15 is 0 Å². The second-order valence-electron chi connectivity index (χ2n) is 30.1. The first kappa shape index (κ1) is 82.4. The number of amides is 4. The Morgan fingerprint density at radius 3 is 1.14 bits per heavy atom. The Hall–Kier alpha value is -10.7. The molecule has 590 valence electrons. The molecule has 0 aliphatic carbocycles. The van der Waals surface area contributed by atoms with E-state index in [-0.39, 0.29) is 75.5 Å². The van der Waals surface area contributed by atoms with Crippen molar-refractivity contribution in [1.29, 1.82) is 5.26 Å². The summed E-state index contributed by atoms with van der Waals surface area (Å²) >= 11 is 0. The van der Waals surface area contributed by atoms with Crippen molar-refractivity contribution < 1.29 is 62.3 Å². The number of hydrogen-bond acceptors (Lipinski definition) is 24. The predicted molar refractivity (Wildman–Crippen MR) is 422 cm³/mol. The van der Waals surface area contributed by atoms with E-state index in [1.54, 1.807) is 16.0 Å². The average Bonchev–Trinajstić information content (AvgIpc) is 0.809. The zero-order valence-electron chi connectivity index (χ0n) is 63.2. The third kappa shape index (κ3) is 23.2. The third-order valence-electron chi connectivity index (χ3n) is 20.2. The highest BCUT2D eigenvalue weighted by atomic mass is 35.5. The summed E-state index contributed by atoms with van der Waals surface area (Å²) < 4.78 is 16.2. The molecule has 0 unspecified atom stereocenters. The SMILES string of the molecule is CC(C)(C)OC(=O)N1CCC(c2ccc(Nc3nc(N4CCC(C(=O)O)CC4)cnc3C(N)=O)cc2)CC1.CCOC(=O)C1CCN(c2cnc(C#N)c(Nc3ccc(C4CCN(C(=O)OC(C)(C)C)CC4)cc3)n2)CC1.Cl.NC(=O)c1ncc(N2CCC(C(=O)O)CC2)nc1Nc1ccc(C2CCNCC2)cc1.[HH].[HH].[HH]. The molecular weight excluding hydrogens is 1420 g/mol. The van der Waals surface area contributed by atoms with Crippen LogP contribution in [0.5, 0.6) is 0 Å². The molecule has 3 aromatic heterocycles. The fourth-order valence-corrected chi connectivity index (χ4v) is 14.1. The zero-order valence-corrected chi connectivity index (χ0v) is 64.0. The lowest BCUT2D eigenvalue weighted by molar-refractivity contribution is -0.148. The maximum Gasteiger partial charge on any atom is 0.410 e. The first-order chi connectivity index (χ1) is 51.7. The lowest BCUT2D eigenvalue weighted by atomic mass is 9.89. The van der Waals surface area contributed by atoms with Crippen molar-refractivity contribution in [3.63, 3.8) is 0 Å². The molecule has 9 heterocycles. The summed E-state index contributed by atoms with van der Waals surface area (Å²) in [6.07, 6.45) is 13.4. The maximum atomic E-state index is 12.4. The number of rotatable bonds is 18. The Balaban J connectivity index is 0.000000259. The van der Waals surface area contributed by atoms with Crippen LogP contribution in [-0.4, -0.2) is 188 Å². The molecule has 3 aromatic carbocycles. The summed E-state index contributed by atoms with van der Waals surface area (Å²) in [5, 5.41) is 41.0. The number of benzene rings is 3. The number of likely N-dealkylation sites (tertiary alicyclic amines) is 2. The summed E-state index contributed by atoms with van der Waals surface area (Å²) in [7, 11) is 0. The van der Waals surface area contributed by atoms with Crippen molar-refractivity contribution in [1.82, 2.24) is 45.0 Å². The lowest BCUT2D eigenvalue weighted by Crippen LogP contribution is -2.41. The van der Waals surface area contributed by atoms with Crippen LogP contribution in [0.2, 0.25) is 0 Å². The maximum absolute atomic E-state index is 12.4. The van der Waals surface area contributed by atoms with Crippen LogP contribution in [0, 0.1) is 29.1 Å². The number of hydrogen-bond donors (Lipinski definition) is 8. The van der Waals surface area contributed by atoms with Crippen LogP contribution in [0.25, 0.3) is 0 Å². The van der Waals surface area contributed by atoms with E-state index in [0.717, 1.165) is 68.7 Å². The number of esters is 1. The van der Waals surface area contributed by atoms with Crippen molar-refractivity contribution in [3.05, 3.63) is 125 Å². The molecular formula is C78H109ClN18O12. The number of carboxylic acids is 2. The molecule has 30 nitrogen and oxygen atoms in total. The molecule has 10 N–H and O–H groups in total. The summed E-state index contributed by atoms with van der Waals surface area (Å²) in [6.45, 7) is 21.7. The Bertz CT molecular complexity index is 4150. The molecule has 0 spiro atoms. The molecule has 6 aliphatic rings. The van der Waals surface area contributed by atoms with Crippen LogP contribution in [0.15, 0.2) is 91.4 Å². The number of ether oxygens (including phenoxy) is 3. The van der Waals surface area contributed by atoms with Gasteiger partial charge in [0.15, 0.2) is 34.5 Å². The monoisotopic (exact) mass is 1520 g/mol. The summed E-state index contributed by atoms with van der Waals surface area (Å²) in [6, 6.07) is 26.3. The number of nitrogens with zero attached hydrogens (tertiary/aromatic N) is 12. The second-order valence-corrected chi connectivity index (χ2v) is 30.1. The Morgan fingerprint density at radius 2 is 0.817 bits per heavy atom. The predicted octanol–water partition coefficient (Wildman–Crippen LogP) is 12.0. The van der Waals surface area contributed by atoms with Gasteiger partial charge >= 0.3 is 30.1 Å². The number of aromatic nitrogens is 6. The van der Waals surface area contributed by atoms with Crippen LogP contribution >= 0.6 is 12.4 Å². The molecule has 6 aliphatic heterocycles. The van der Waals surface area contributed by atoms with Crippen molar-refractivity contribution in [2.24, 2.45) is 29.2 Å². The van der Waals surface area contributed by atoms with Gasteiger partial charge in [-0.2, -0.15) is 5.26 Å². The highest BCUT2D eigenvalue weighted by Crippen LogP contribution is 2.35. The number of carbonyl (C=O) groups is 7. The molecule has 6 saturated heterocycles. The minimum absolute atomic E-state index is 0. The number of nitrogens with one attached hydrogen (secondary N) is 4. The number of nitriles is 1. The first-order valence-corrected chi connectivity index (χ1v) is 37.4. The van der Waals surface area contributed by atoms with Gasteiger partial charge in [-0.15, -0.1) is 12.4 Å². The fraction of sp³-hybridized carbons (Fsp3) is 0.513. The molecule has 4 amide bonds. The minimum atomic E-state index is -0.779. The summed E-state index contributed by atoms with van der Waals surface area (Å²) in [5.74, 6) is 0.276. The van der Waals surface area contributed by atoms with E-state index in [2.05, 4.69) is 81.4 Å². The molecule has 0 bridgehead atoms. The van der Waals surface area contributed by atoms with Gasteiger partial charge in [0.1, 0.15) is 34.7 Å². The van der Waals surface area contributed by atoms with Gasteiger partial charge < -0.3 is 81.7 Å². The molecule has 0 radical (unpaired) electrons. The number of primary amides is 2. The summed E-state index contributed by atoms with van der Waals surface area (Å²) in [5.41, 5.74) is 16.4. The Morgan fingerprint density at radius 1 is 0.495 bits per heavy atom. The molecule has 109 heavy (non-hydrogen) atoms. The number of carbonyl (C=O) groups excluding carboxylic acids is 5. The highest BCUT2D eigenvalue weighted by Gasteiger charge is 2.33. The molecule has 0 atom stereocenters. The Kier molecular flexibility index (Phi) is 28.7. The van der Waals surface area contributed by atoms with Crippen LogP contribution in [-0.2, 0) is 28.6 Å². The van der Waals surface area contributed by atoms with Crippen LogP contribution in [0.4, 0.5) is 61.6 Å². The van der Waals surface area contributed by atoms with E-state index in [0.29, 0.717) is 157 Å². The molecule has 6 fully saturated rings. The van der Waals surface area contributed by atoms with E-state index < -0.39 is 35.0 Å². The smallest absolute Gasteiger partial charge is 0.410 e. The third-order valence-corrected chi connectivity index (χ3v) is 20.2. The molecule has 31 heteroatoms. The van der Waals surface area contributed by atoms with Gasteiger partial charge in [-0.05, 0) is 209 Å². The zero-order chi connectivity index (χ0) is 77.2. The van der Waals surface area contributed by atoms with E-state index in [9.17, 15) is 49.0 Å². The van der Waals surface area contributed by atoms with Crippen LogP contribution in [0.3, 0.4) is 0 Å². The lowest BCUT2D eigenvalue weighted by Gasteiger charge is -2.33. The van der Waals surface area contributed by atoms with Gasteiger partial charge in [0.05, 0.1) is 43.0 Å². The van der Waals surface area contributed by atoms with E-state index in [1.807, 2.05) is 107 Å². The van der Waals surface area contributed by atoms with E-state index in [4.69, 9.17) is 30.7 Å². The van der Waals surface area contributed by atoms with Gasteiger partial charge in [0.2, 0.25) is 0 Å². The normalized spacial score (nSPS) is 17.2. The Labute approximate surface area is 646 Å². The standard InChI is InChI=1S/C29H38N6O4.C27H36N6O5.C22H28N6O3.ClH.3H2/c1-5-38-27(36)22-12-14-34(15-13-22)25-19-31-24(18-30)26(33-25)32-23-8-6-20(7-9-23)21-10-16-35(17-11-21)28(37)39-29(2,3)4;1-27(2,3)38-26(37)33-14-8-18(9-15-33)17-4-6-20(7-5-17)30-24-22(23(28)34)29-16-21(31-24)32-12-10-19(11-13-32)25(35)36;23-20(29)19-21(26-17-3-1-14(2-4-17)15-5-9-24-10-6-15)27-18(13-25-19)28-11-7-16(8-12-28)22(30)31;;;;/h6-9,19,21-22H,5,10-17H2,1-4H3,(H,32,33);4-7,16,18-19H,8-15H2,1-3H3,(H2,28,34)(H,30,31)(H,35,36);1-4,13,15-16,24H,5-12H2,(H2,23,29)(H,26,27)(H,30,31);4*1H. The van der Waals surface area contributed by atoms with Gasteiger partial charge in [-0.25, -0.2) is 39.5 Å². The van der Waals surface area contributed by atoms with Crippen molar-refractivity contribution in [2.75, 3.05) is 116 Å². The van der Waals surface area contributed by atoms with Crippen molar-refractivity contribution in [2.45, 2.75) is 154 Å².